The van der Waals surface area contributed by atoms with Crippen molar-refractivity contribution in [2.75, 3.05) is 11.9 Å². The van der Waals surface area contributed by atoms with E-state index in [0.717, 1.165) is 30.1 Å². The molecular weight excluding hydrogens is 282 g/mol. The minimum absolute atomic E-state index is 0.0841. The Bertz CT molecular complexity index is 630. The highest BCUT2D eigenvalue weighted by molar-refractivity contribution is 5.94. The first-order valence-corrected chi connectivity index (χ1v) is 7.34. The second-order valence-electron chi connectivity index (χ2n) is 5.26. The second kappa shape index (κ2) is 6.62. The van der Waals surface area contributed by atoms with Gasteiger partial charge in [-0.05, 0) is 37.1 Å². The van der Waals surface area contributed by atoms with Gasteiger partial charge in [0.1, 0.15) is 24.3 Å². The van der Waals surface area contributed by atoms with E-state index in [0.29, 0.717) is 13.2 Å². The van der Waals surface area contributed by atoms with E-state index in [2.05, 4.69) is 10.3 Å². The Kier molecular flexibility index (Phi) is 4.39. The SMILES string of the molecule is Cn1ccnc1COc1ccc(NC(=O)C2CCCO2)cc1. The molecule has 1 atom stereocenters. The molecule has 0 aliphatic carbocycles. The summed E-state index contributed by atoms with van der Waals surface area (Å²) in [5, 5.41) is 2.85. The molecule has 22 heavy (non-hydrogen) atoms. The van der Waals surface area contributed by atoms with E-state index < -0.39 is 0 Å². The summed E-state index contributed by atoms with van der Waals surface area (Å²) < 4.78 is 12.9. The van der Waals surface area contributed by atoms with Crippen molar-refractivity contribution in [1.82, 2.24) is 9.55 Å². The zero-order chi connectivity index (χ0) is 15.4. The molecule has 1 aliphatic heterocycles. The number of rotatable bonds is 5. The molecule has 3 rings (SSSR count). The molecule has 1 unspecified atom stereocenters. The lowest BCUT2D eigenvalue weighted by atomic mass is 10.2. The van der Waals surface area contributed by atoms with Gasteiger partial charge in [-0.2, -0.15) is 0 Å². The van der Waals surface area contributed by atoms with Gasteiger partial charge in [0.25, 0.3) is 5.91 Å². The van der Waals surface area contributed by atoms with Crippen LogP contribution in [-0.2, 0) is 23.2 Å². The van der Waals surface area contributed by atoms with Crippen LogP contribution in [0.5, 0.6) is 5.75 Å². The predicted molar refractivity (Wildman–Crippen MR) is 81.6 cm³/mol. The topological polar surface area (TPSA) is 65.4 Å². The molecule has 0 bridgehead atoms. The number of nitrogens with zero attached hydrogens (tertiary/aromatic N) is 2. The molecule has 6 heteroatoms. The lowest BCUT2D eigenvalue weighted by molar-refractivity contribution is -0.124. The van der Waals surface area contributed by atoms with Gasteiger partial charge in [0.05, 0.1) is 0 Å². The summed E-state index contributed by atoms with van der Waals surface area (Å²) in [5.41, 5.74) is 0.741. The highest BCUT2D eigenvalue weighted by atomic mass is 16.5. The zero-order valence-electron chi connectivity index (χ0n) is 12.5. The maximum Gasteiger partial charge on any atom is 0.253 e. The molecule has 116 valence electrons. The quantitative estimate of drug-likeness (QED) is 0.918. The molecule has 1 amide bonds. The summed E-state index contributed by atoms with van der Waals surface area (Å²) in [6.07, 6.45) is 5.03. The van der Waals surface area contributed by atoms with Gasteiger partial charge in [0, 0.05) is 31.7 Å². The Morgan fingerprint density at radius 1 is 1.45 bits per heavy atom. The second-order valence-corrected chi connectivity index (χ2v) is 5.26. The number of aryl methyl sites for hydroxylation is 1. The number of benzene rings is 1. The van der Waals surface area contributed by atoms with Gasteiger partial charge in [-0.25, -0.2) is 4.98 Å². The third kappa shape index (κ3) is 3.46. The molecule has 0 spiro atoms. The fourth-order valence-electron chi connectivity index (χ4n) is 2.33. The first-order chi connectivity index (χ1) is 10.7. The summed E-state index contributed by atoms with van der Waals surface area (Å²) in [7, 11) is 1.93. The Morgan fingerprint density at radius 2 is 2.27 bits per heavy atom. The lowest BCUT2D eigenvalue weighted by Crippen LogP contribution is -2.26. The summed E-state index contributed by atoms with van der Waals surface area (Å²) in [4.78, 5) is 16.1. The van der Waals surface area contributed by atoms with Crippen molar-refractivity contribution in [2.24, 2.45) is 7.05 Å². The molecular formula is C16H19N3O3. The third-order valence-corrected chi connectivity index (χ3v) is 3.63. The van der Waals surface area contributed by atoms with E-state index in [1.54, 1.807) is 6.20 Å². The average molecular weight is 301 g/mol. The molecule has 1 aromatic heterocycles. The number of hydrogen-bond acceptors (Lipinski definition) is 4. The van der Waals surface area contributed by atoms with Gasteiger partial charge < -0.3 is 19.4 Å². The van der Waals surface area contributed by atoms with E-state index in [1.807, 2.05) is 42.1 Å². The monoisotopic (exact) mass is 301 g/mol. The van der Waals surface area contributed by atoms with Gasteiger partial charge in [-0.15, -0.1) is 0 Å². The summed E-state index contributed by atoms with van der Waals surface area (Å²) in [6.45, 7) is 1.07. The molecule has 2 heterocycles. The summed E-state index contributed by atoms with van der Waals surface area (Å²) in [6, 6.07) is 7.29. The first-order valence-electron chi connectivity index (χ1n) is 7.34. The molecule has 6 nitrogen and oxygen atoms in total. The Labute approximate surface area is 129 Å². The number of aromatic nitrogens is 2. The largest absolute Gasteiger partial charge is 0.486 e. The van der Waals surface area contributed by atoms with Crippen LogP contribution in [0.2, 0.25) is 0 Å². The lowest BCUT2D eigenvalue weighted by Gasteiger charge is -2.11. The van der Waals surface area contributed by atoms with Gasteiger partial charge >= 0.3 is 0 Å². The van der Waals surface area contributed by atoms with Crippen molar-refractivity contribution in [3.8, 4) is 5.75 Å². The molecule has 1 aliphatic rings. The number of anilines is 1. The number of imidazole rings is 1. The van der Waals surface area contributed by atoms with Crippen molar-refractivity contribution in [2.45, 2.75) is 25.6 Å². The van der Waals surface area contributed by atoms with Gasteiger partial charge in [-0.1, -0.05) is 0 Å². The standard InChI is InChI=1S/C16H19N3O3/c1-19-9-8-17-15(19)11-22-13-6-4-12(5-7-13)18-16(20)14-3-2-10-21-14/h4-9,14H,2-3,10-11H2,1H3,(H,18,20). The molecule has 1 fully saturated rings. The highest BCUT2D eigenvalue weighted by Crippen LogP contribution is 2.19. The zero-order valence-corrected chi connectivity index (χ0v) is 12.5. The van der Waals surface area contributed by atoms with Crippen LogP contribution < -0.4 is 10.1 Å². The van der Waals surface area contributed by atoms with E-state index in [-0.39, 0.29) is 12.0 Å². The summed E-state index contributed by atoms with van der Waals surface area (Å²) >= 11 is 0. The maximum atomic E-state index is 11.9. The molecule has 0 saturated carbocycles. The summed E-state index contributed by atoms with van der Waals surface area (Å²) in [5.74, 6) is 1.51. The normalized spacial score (nSPS) is 17.4. The van der Waals surface area contributed by atoms with Gasteiger partial charge in [0.15, 0.2) is 0 Å². The number of carbonyl (C=O) groups excluding carboxylic acids is 1. The van der Waals surface area contributed by atoms with Crippen LogP contribution in [0.4, 0.5) is 5.69 Å². The predicted octanol–water partition coefficient (Wildman–Crippen LogP) is 2.12. The van der Waals surface area contributed by atoms with Crippen LogP contribution in [0.25, 0.3) is 0 Å². The molecule has 1 N–H and O–H groups in total. The van der Waals surface area contributed by atoms with E-state index in [9.17, 15) is 4.79 Å². The van der Waals surface area contributed by atoms with E-state index >= 15 is 0 Å². The molecule has 2 aromatic rings. The number of hydrogen-bond donors (Lipinski definition) is 1. The van der Waals surface area contributed by atoms with Crippen molar-refractivity contribution in [3.63, 3.8) is 0 Å². The van der Waals surface area contributed by atoms with Crippen LogP contribution in [0.3, 0.4) is 0 Å². The van der Waals surface area contributed by atoms with Gasteiger partial charge in [0.2, 0.25) is 0 Å². The fraction of sp³-hybridized carbons (Fsp3) is 0.375. The average Bonchev–Trinajstić information content (AvgIpc) is 3.18. The Hall–Kier alpha value is -2.34. The first kappa shape index (κ1) is 14.6. The highest BCUT2D eigenvalue weighted by Gasteiger charge is 2.23. The van der Waals surface area contributed by atoms with Crippen LogP contribution in [-0.4, -0.2) is 28.2 Å². The van der Waals surface area contributed by atoms with E-state index in [1.165, 1.54) is 0 Å². The molecule has 1 saturated heterocycles. The Balaban J connectivity index is 1.53. The van der Waals surface area contributed by atoms with Crippen LogP contribution in [0.1, 0.15) is 18.7 Å². The van der Waals surface area contributed by atoms with Crippen molar-refractivity contribution < 1.29 is 14.3 Å². The number of carbonyl (C=O) groups is 1. The van der Waals surface area contributed by atoms with Crippen LogP contribution >= 0.6 is 0 Å². The number of ether oxygens (including phenoxy) is 2. The number of nitrogens with one attached hydrogen (secondary N) is 1. The van der Waals surface area contributed by atoms with Crippen LogP contribution in [0.15, 0.2) is 36.7 Å². The maximum absolute atomic E-state index is 11.9. The Morgan fingerprint density at radius 3 is 2.91 bits per heavy atom. The van der Waals surface area contributed by atoms with Crippen molar-refractivity contribution in [1.29, 1.82) is 0 Å². The van der Waals surface area contributed by atoms with Crippen molar-refractivity contribution >= 4 is 11.6 Å². The molecule has 1 aromatic carbocycles. The van der Waals surface area contributed by atoms with E-state index in [4.69, 9.17) is 9.47 Å². The third-order valence-electron chi connectivity index (χ3n) is 3.63. The smallest absolute Gasteiger partial charge is 0.253 e. The van der Waals surface area contributed by atoms with Gasteiger partial charge in [-0.3, -0.25) is 4.79 Å². The van der Waals surface area contributed by atoms with Crippen molar-refractivity contribution in [3.05, 3.63) is 42.5 Å². The molecule has 0 radical (unpaired) electrons. The van der Waals surface area contributed by atoms with Crippen LogP contribution in [0, 0.1) is 0 Å². The fourth-order valence-corrected chi connectivity index (χ4v) is 2.33. The minimum atomic E-state index is -0.320. The number of amides is 1. The minimum Gasteiger partial charge on any atom is -0.486 e.